The topological polar surface area (TPSA) is 224 Å². The highest BCUT2D eigenvalue weighted by Gasteiger charge is 2.28. The van der Waals surface area contributed by atoms with Crippen molar-refractivity contribution in [2.45, 2.75) is 29.1 Å². The van der Waals surface area contributed by atoms with Crippen LogP contribution in [0.2, 0.25) is 0 Å². The summed E-state index contributed by atoms with van der Waals surface area (Å²) in [6, 6.07) is 31.7. The number of hydrogen-bond donors (Lipinski definition) is 4. The van der Waals surface area contributed by atoms with Gasteiger partial charge in [0, 0.05) is 71.5 Å². The first kappa shape index (κ1) is 40.0. The predicted octanol–water partition coefficient (Wildman–Crippen LogP) is 6.17. The van der Waals surface area contributed by atoms with Gasteiger partial charge in [-0.25, -0.2) is 25.5 Å². The standard InChI is InChI=1S/C44H42N8O6S2/c45-27-29-13-15-40-38(22-29)31(28-52(40)60(56,57)37-12-5-10-34(48)25-37)6-1-2-17-50-18-20-51(21-19-50)35-14-16-41-39(26-35)42(30-7-3-8-32(46)23-30)43(58-41)44(53)49-59(54,55)36-11-4-9-33(47)24-36/h3-5,7-16,22-26,28H,1-2,6,17-21,46-48H2,(H,49,53). The van der Waals surface area contributed by atoms with Crippen molar-refractivity contribution in [3.63, 3.8) is 0 Å². The third-order valence-corrected chi connectivity index (χ3v) is 13.8. The molecular weight excluding hydrogens is 801 g/mol. The van der Waals surface area contributed by atoms with E-state index in [2.05, 4.69) is 20.6 Å². The maximum atomic E-state index is 13.7. The first-order valence-corrected chi connectivity index (χ1v) is 22.2. The number of hydrogen-bond acceptors (Lipinski definition) is 12. The molecule has 5 aromatic carbocycles. The van der Waals surface area contributed by atoms with Gasteiger partial charge >= 0.3 is 5.91 Å². The zero-order valence-electron chi connectivity index (χ0n) is 32.4. The minimum atomic E-state index is -4.27. The maximum Gasteiger partial charge on any atom is 0.301 e. The van der Waals surface area contributed by atoms with E-state index in [0.717, 1.165) is 62.2 Å². The summed E-state index contributed by atoms with van der Waals surface area (Å²) >= 11 is 0. The van der Waals surface area contributed by atoms with Crippen molar-refractivity contribution in [3.8, 4) is 17.2 Å². The van der Waals surface area contributed by atoms with Gasteiger partial charge in [-0.15, -0.1) is 0 Å². The molecule has 3 heterocycles. The van der Waals surface area contributed by atoms with Crippen LogP contribution in [0.3, 0.4) is 0 Å². The molecular formula is C44H42N8O6S2. The van der Waals surface area contributed by atoms with Crippen LogP contribution in [-0.4, -0.2) is 64.3 Å². The number of aryl methyl sites for hydroxylation is 1. The van der Waals surface area contributed by atoms with Crippen LogP contribution in [0.5, 0.6) is 0 Å². The lowest BCUT2D eigenvalue weighted by atomic mass is 10.0. The lowest BCUT2D eigenvalue weighted by Crippen LogP contribution is -2.46. The van der Waals surface area contributed by atoms with Crippen LogP contribution in [0.1, 0.15) is 34.5 Å². The molecule has 1 saturated heterocycles. The number of nitrogens with two attached hydrogens (primary N) is 3. The molecule has 7 N–H and O–H groups in total. The van der Waals surface area contributed by atoms with Crippen LogP contribution in [-0.2, 0) is 26.5 Å². The summed E-state index contributed by atoms with van der Waals surface area (Å²) < 4.78 is 63.3. The number of anilines is 4. The SMILES string of the molecule is N#Cc1ccc2c(c1)c(CCCCN1CCN(c3ccc4oc(C(=O)NS(=O)(=O)c5cccc(N)c5)c(-c5cccc(N)c5)c4c3)CC1)cn2S(=O)(=O)c1cccc(N)c1. The second kappa shape index (κ2) is 16.1. The van der Waals surface area contributed by atoms with Crippen LogP contribution < -0.4 is 26.8 Å². The fourth-order valence-electron chi connectivity index (χ4n) is 7.73. The molecule has 16 heteroatoms. The lowest BCUT2D eigenvalue weighted by molar-refractivity contribution is 0.0957. The Balaban J connectivity index is 0.951. The number of sulfonamides is 1. The lowest BCUT2D eigenvalue weighted by Gasteiger charge is -2.36. The van der Waals surface area contributed by atoms with Gasteiger partial charge in [-0.05, 0) is 122 Å². The molecule has 1 aliphatic rings. The largest absolute Gasteiger partial charge is 0.450 e. The second-order valence-corrected chi connectivity index (χ2v) is 18.3. The van der Waals surface area contributed by atoms with Gasteiger partial charge in [-0.2, -0.15) is 5.26 Å². The number of carbonyl (C=O) groups excluding carboxylic acids is 1. The Bertz CT molecular complexity index is 3050. The molecule has 0 bridgehead atoms. The fourth-order valence-corrected chi connectivity index (χ4v) is 10.2. The van der Waals surface area contributed by atoms with Gasteiger partial charge in [0.1, 0.15) is 5.58 Å². The summed E-state index contributed by atoms with van der Waals surface area (Å²) in [6.07, 6.45) is 4.00. The molecule has 0 unspecified atom stereocenters. The summed E-state index contributed by atoms with van der Waals surface area (Å²) in [6.45, 7) is 3.97. The number of carbonyl (C=O) groups is 1. The number of nitrogens with one attached hydrogen (secondary N) is 1. The van der Waals surface area contributed by atoms with E-state index < -0.39 is 26.0 Å². The molecule has 0 aliphatic carbocycles. The molecule has 1 aliphatic heterocycles. The number of aromatic nitrogens is 1. The van der Waals surface area contributed by atoms with Crippen molar-refractivity contribution in [2.24, 2.45) is 0 Å². The van der Waals surface area contributed by atoms with Gasteiger partial charge < -0.3 is 26.5 Å². The highest BCUT2D eigenvalue weighted by molar-refractivity contribution is 7.90. The minimum absolute atomic E-state index is 0.0943. The van der Waals surface area contributed by atoms with Crippen molar-refractivity contribution in [1.82, 2.24) is 13.6 Å². The van der Waals surface area contributed by atoms with Gasteiger partial charge in [-0.1, -0.05) is 24.3 Å². The van der Waals surface area contributed by atoms with E-state index in [4.69, 9.17) is 21.6 Å². The molecule has 1 amide bonds. The first-order valence-electron chi connectivity index (χ1n) is 19.3. The Morgan fingerprint density at radius 2 is 1.43 bits per heavy atom. The zero-order chi connectivity index (χ0) is 42.2. The van der Waals surface area contributed by atoms with Crippen molar-refractivity contribution in [3.05, 3.63) is 132 Å². The average molecular weight is 843 g/mol. The Labute approximate surface area is 347 Å². The molecule has 0 spiro atoms. The van der Waals surface area contributed by atoms with E-state index >= 15 is 0 Å². The minimum Gasteiger partial charge on any atom is -0.450 e. The van der Waals surface area contributed by atoms with Crippen LogP contribution in [0.4, 0.5) is 22.7 Å². The van der Waals surface area contributed by atoms with E-state index in [9.17, 15) is 26.9 Å². The summed E-state index contributed by atoms with van der Waals surface area (Å²) in [5, 5.41) is 11.0. The number of piperazine rings is 1. The third-order valence-electron chi connectivity index (χ3n) is 10.8. The van der Waals surface area contributed by atoms with Gasteiger partial charge in [0.15, 0.2) is 0 Å². The summed E-state index contributed by atoms with van der Waals surface area (Å²) in [7, 11) is -8.20. The van der Waals surface area contributed by atoms with Crippen LogP contribution in [0.25, 0.3) is 33.0 Å². The van der Waals surface area contributed by atoms with Crippen molar-refractivity contribution >= 4 is 70.6 Å². The molecule has 0 atom stereocenters. The third kappa shape index (κ3) is 7.97. The Morgan fingerprint density at radius 3 is 2.13 bits per heavy atom. The highest BCUT2D eigenvalue weighted by Crippen LogP contribution is 2.38. The number of unbranched alkanes of at least 4 members (excludes halogenated alkanes) is 1. The molecule has 14 nitrogen and oxygen atoms in total. The van der Waals surface area contributed by atoms with Crippen molar-refractivity contribution in [1.29, 1.82) is 5.26 Å². The van der Waals surface area contributed by atoms with Gasteiger partial charge in [0.25, 0.3) is 20.0 Å². The Morgan fingerprint density at radius 1 is 0.750 bits per heavy atom. The molecule has 0 radical (unpaired) electrons. The van der Waals surface area contributed by atoms with E-state index in [1.807, 2.05) is 12.1 Å². The Kier molecular flexibility index (Phi) is 10.7. The van der Waals surface area contributed by atoms with E-state index in [1.165, 1.54) is 34.3 Å². The summed E-state index contributed by atoms with van der Waals surface area (Å²) in [4.78, 5) is 18.3. The van der Waals surface area contributed by atoms with E-state index in [0.29, 0.717) is 51.0 Å². The quantitative estimate of drug-likeness (QED) is 0.0801. The molecule has 0 saturated carbocycles. The molecule has 1 fully saturated rings. The number of amides is 1. The fraction of sp³-hybridized carbons (Fsp3) is 0.182. The number of nitrogens with zero attached hydrogens (tertiary/aromatic N) is 4. The van der Waals surface area contributed by atoms with Gasteiger partial charge in [0.2, 0.25) is 5.76 Å². The monoisotopic (exact) mass is 842 g/mol. The van der Waals surface area contributed by atoms with Crippen LogP contribution >= 0.6 is 0 Å². The second-order valence-electron chi connectivity index (χ2n) is 14.8. The van der Waals surface area contributed by atoms with Crippen LogP contribution in [0, 0.1) is 11.3 Å². The maximum absolute atomic E-state index is 13.7. The number of benzene rings is 5. The van der Waals surface area contributed by atoms with E-state index in [1.54, 1.807) is 72.9 Å². The zero-order valence-corrected chi connectivity index (χ0v) is 34.0. The number of nitriles is 1. The average Bonchev–Trinajstić information content (AvgIpc) is 3.81. The number of nitrogen functional groups attached to an aromatic ring is 3. The summed E-state index contributed by atoms with van der Waals surface area (Å²) in [5.74, 6) is -1.09. The first-order chi connectivity index (χ1) is 28.8. The number of furan rings is 1. The predicted molar refractivity (Wildman–Crippen MR) is 233 cm³/mol. The van der Waals surface area contributed by atoms with Gasteiger partial charge in [0.05, 0.1) is 26.9 Å². The molecule has 306 valence electrons. The van der Waals surface area contributed by atoms with Crippen molar-refractivity contribution in [2.75, 3.05) is 54.8 Å². The summed E-state index contributed by atoms with van der Waals surface area (Å²) in [5.41, 5.74) is 23.1. The normalized spacial score (nSPS) is 13.8. The molecule has 7 aromatic rings. The van der Waals surface area contributed by atoms with Crippen LogP contribution in [0.15, 0.2) is 130 Å². The number of fused-ring (bicyclic) bond motifs is 2. The van der Waals surface area contributed by atoms with E-state index in [-0.39, 0.29) is 21.2 Å². The molecule has 60 heavy (non-hydrogen) atoms. The Hall–Kier alpha value is -6.80. The number of rotatable bonds is 12. The van der Waals surface area contributed by atoms with Gasteiger partial charge in [-0.3, -0.25) is 9.69 Å². The highest BCUT2D eigenvalue weighted by atomic mass is 32.2. The molecule has 2 aromatic heterocycles. The smallest absolute Gasteiger partial charge is 0.301 e. The van der Waals surface area contributed by atoms with Crippen molar-refractivity contribution < 1.29 is 26.0 Å². The molecule has 8 rings (SSSR count).